The summed E-state index contributed by atoms with van der Waals surface area (Å²) in [6.07, 6.45) is 1.20. The van der Waals surface area contributed by atoms with E-state index in [0.717, 1.165) is 12.8 Å². The summed E-state index contributed by atoms with van der Waals surface area (Å²) in [5, 5.41) is 2.89. The third-order valence-corrected chi connectivity index (χ3v) is 3.88. The molecule has 1 aliphatic carbocycles. The molecule has 3 rings (SSSR count). The lowest BCUT2D eigenvalue weighted by Gasteiger charge is -2.38. The molecule has 1 aromatic carbocycles. The molecule has 112 valence electrons. The molecule has 0 bridgehead atoms. The maximum atomic E-state index is 13.1. The Morgan fingerprint density at radius 1 is 1.33 bits per heavy atom. The van der Waals surface area contributed by atoms with Crippen LogP contribution in [0.5, 0.6) is 0 Å². The molecule has 2 amide bonds. The molecule has 1 N–H and O–H groups in total. The van der Waals surface area contributed by atoms with E-state index in [1.807, 2.05) is 0 Å². The summed E-state index contributed by atoms with van der Waals surface area (Å²) in [5.41, 5.74) is 0.683. The number of carbonyl (C=O) groups excluding carboxylic acids is 2. The molecular weight excluding hydrogens is 275 g/mol. The predicted molar refractivity (Wildman–Crippen MR) is 72.8 cm³/mol. The molecule has 0 aromatic heterocycles. The maximum Gasteiger partial charge on any atom is 0.251 e. The summed E-state index contributed by atoms with van der Waals surface area (Å²) in [4.78, 5) is 25.6. The zero-order valence-corrected chi connectivity index (χ0v) is 11.7. The van der Waals surface area contributed by atoms with Gasteiger partial charge in [-0.1, -0.05) is 12.1 Å². The van der Waals surface area contributed by atoms with Gasteiger partial charge in [-0.3, -0.25) is 9.59 Å². The first-order valence-corrected chi connectivity index (χ1v) is 6.99. The van der Waals surface area contributed by atoms with Gasteiger partial charge in [-0.15, -0.1) is 0 Å². The van der Waals surface area contributed by atoms with Gasteiger partial charge in [0, 0.05) is 13.1 Å². The molecule has 6 heteroatoms. The first-order valence-electron chi connectivity index (χ1n) is 6.99. The van der Waals surface area contributed by atoms with Crippen LogP contribution < -0.4 is 5.32 Å². The van der Waals surface area contributed by atoms with Gasteiger partial charge in [-0.05, 0) is 30.5 Å². The molecular formula is C15H17FN2O3. The number of carbonyl (C=O) groups is 2. The number of likely N-dealkylation sites (N-methyl/N-ethyl adjacent to an activating group) is 1. The van der Waals surface area contributed by atoms with Crippen molar-refractivity contribution in [3.8, 4) is 0 Å². The number of morpholine rings is 1. The van der Waals surface area contributed by atoms with Crippen molar-refractivity contribution in [3.05, 3.63) is 35.6 Å². The number of ether oxygens (including phenoxy) is 1. The molecule has 21 heavy (non-hydrogen) atoms. The van der Waals surface area contributed by atoms with Crippen molar-refractivity contribution < 1.29 is 18.7 Å². The largest absolute Gasteiger partial charge is 0.356 e. The summed E-state index contributed by atoms with van der Waals surface area (Å²) in [7, 11) is 1.64. The van der Waals surface area contributed by atoms with E-state index in [-0.39, 0.29) is 30.3 Å². The molecule has 0 spiro atoms. The molecule has 1 saturated carbocycles. The Morgan fingerprint density at radius 3 is 2.62 bits per heavy atom. The van der Waals surface area contributed by atoms with E-state index in [0.29, 0.717) is 5.56 Å². The van der Waals surface area contributed by atoms with Crippen molar-refractivity contribution in [2.45, 2.75) is 31.0 Å². The van der Waals surface area contributed by atoms with Crippen LogP contribution in [-0.4, -0.2) is 42.5 Å². The molecule has 1 aliphatic heterocycles. The minimum atomic E-state index is -0.765. The van der Waals surface area contributed by atoms with Gasteiger partial charge in [0.1, 0.15) is 12.4 Å². The minimum absolute atomic E-state index is 0.114. The first kappa shape index (κ1) is 14.0. The lowest BCUT2D eigenvalue weighted by molar-refractivity contribution is -0.162. The van der Waals surface area contributed by atoms with Gasteiger partial charge in [0.15, 0.2) is 6.10 Å². The second-order valence-electron chi connectivity index (χ2n) is 5.52. The Bertz CT molecular complexity index is 557. The third-order valence-electron chi connectivity index (χ3n) is 3.88. The van der Waals surface area contributed by atoms with Crippen LogP contribution in [0.15, 0.2) is 24.3 Å². The number of benzene rings is 1. The zero-order chi connectivity index (χ0) is 15.0. The van der Waals surface area contributed by atoms with E-state index in [9.17, 15) is 14.0 Å². The zero-order valence-electron chi connectivity index (χ0n) is 11.7. The molecule has 1 saturated heterocycles. The highest BCUT2D eigenvalue weighted by Crippen LogP contribution is 2.30. The quantitative estimate of drug-likeness (QED) is 0.904. The second kappa shape index (κ2) is 5.44. The minimum Gasteiger partial charge on any atom is -0.356 e. The maximum absolute atomic E-state index is 13.1. The average Bonchev–Trinajstić information content (AvgIpc) is 3.27. The van der Waals surface area contributed by atoms with E-state index >= 15 is 0 Å². The highest BCUT2D eigenvalue weighted by Gasteiger charge is 2.41. The fourth-order valence-electron chi connectivity index (χ4n) is 2.50. The lowest BCUT2D eigenvalue weighted by Crippen LogP contribution is -2.53. The number of amides is 2. The summed E-state index contributed by atoms with van der Waals surface area (Å²) in [5.74, 6) is -0.769. The Hall–Kier alpha value is -1.95. The number of halogens is 1. The Morgan fingerprint density at radius 2 is 2.00 bits per heavy atom. The smallest absolute Gasteiger partial charge is 0.251 e. The molecule has 1 aromatic rings. The molecule has 1 heterocycles. The fourth-order valence-corrected chi connectivity index (χ4v) is 2.50. The van der Waals surface area contributed by atoms with Gasteiger partial charge in [0.2, 0.25) is 5.91 Å². The van der Waals surface area contributed by atoms with Crippen molar-refractivity contribution in [1.29, 1.82) is 0 Å². The van der Waals surface area contributed by atoms with Crippen LogP contribution in [0.4, 0.5) is 4.39 Å². The van der Waals surface area contributed by atoms with E-state index in [1.165, 1.54) is 17.0 Å². The molecule has 2 atom stereocenters. The highest BCUT2D eigenvalue weighted by atomic mass is 19.1. The number of nitrogens with zero attached hydrogens (tertiary/aromatic N) is 1. The average molecular weight is 292 g/mol. The van der Waals surface area contributed by atoms with Crippen LogP contribution in [0.3, 0.4) is 0 Å². The van der Waals surface area contributed by atoms with Crippen LogP contribution in [-0.2, 0) is 14.3 Å². The van der Waals surface area contributed by atoms with Crippen molar-refractivity contribution in [2.75, 3.05) is 13.7 Å². The Kier molecular flexibility index (Phi) is 3.63. The van der Waals surface area contributed by atoms with Gasteiger partial charge in [0.25, 0.3) is 5.91 Å². The van der Waals surface area contributed by atoms with E-state index in [1.54, 1.807) is 19.2 Å². The Labute approximate surface area is 122 Å². The van der Waals surface area contributed by atoms with Gasteiger partial charge in [-0.25, -0.2) is 4.39 Å². The first-order chi connectivity index (χ1) is 10.1. The topological polar surface area (TPSA) is 58.6 Å². The van der Waals surface area contributed by atoms with Gasteiger partial charge in [0.05, 0.1) is 6.04 Å². The highest BCUT2D eigenvalue weighted by molar-refractivity contribution is 5.86. The third kappa shape index (κ3) is 2.90. The lowest BCUT2D eigenvalue weighted by atomic mass is 9.97. The number of nitrogens with one attached hydrogen (secondary N) is 1. The standard InChI is InChI=1S/C15H17FN2O3/c1-18-12(19)8-21-14(15(20)17-11-6-7-11)13(18)9-2-4-10(16)5-3-9/h2-5,11,13-14H,6-8H2,1H3,(H,17,20)/t13-,14-/m0/s1. The SMILES string of the molecule is CN1C(=O)CO[C@H](C(=O)NC2CC2)[C@@H]1c1ccc(F)cc1. The fraction of sp³-hybridized carbons (Fsp3) is 0.467. The van der Waals surface area contributed by atoms with Crippen LogP contribution in [0.25, 0.3) is 0 Å². The molecule has 2 fully saturated rings. The number of rotatable bonds is 3. The molecule has 5 nitrogen and oxygen atoms in total. The summed E-state index contributed by atoms with van der Waals surface area (Å²) < 4.78 is 18.5. The predicted octanol–water partition coefficient (Wildman–Crippen LogP) is 1.00. The van der Waals surface area contributed by atoms with Gasteiger partial charge in [-0.2, -0.15) is 0 Å². The summed E-state index contributed by atoms with van der Waals surface area (Å²) in [6.45, 7) is -0.114. The monoisotopic (exact) mass is 292 g/mol. The molecule has 0 radical (unpaired) electrons. The summed E-state index contributed by atoms with van der Waals surface area (Å²) in [6, 6.07) is 5.48. The van der Waals surface area contributed by atoms with Crippen LogP contribution in [0, 0.1) is 5.82 Å². The number of hydrogen-bond acceptors (Lipinski definition) is 3. The van der Waals surface area contributed by atoms with Crippen LogP contribution in [0.1, 0.15) is 24.4 Å². The van der Waals surface area contributed by atoms with E-state index < -0.39 is 12.1 Å². The van der Waals surface area contributed by atoms with Crippen molar-refractivity contribution >= 4 is 11.8 Å². The summed E-state index contributed by atoms with van der Waals surface area (Å²) >= 11 is 0. The van der Waals surface area contributed by atoms with Crippen molar-refractivity contribution in [1.82, 2.24) is 10.2 Å². The molecule has 0 unspecified atom stereocenters. The Balaban J connectivity index is 1.86. The van der Waals surface area contributed by atoms with Gasteiger partial charge >= 0.3 is 0 Å². The van der Waals surface area contributed by atoms with Crippen molar-refractivity contribution in [3.63, 3.8) is 0 Å². The second-order valence-corrected chi connectivity index (χ2v) is 5.52. The molecule has 2 aliphatic rings. The van der Waals surface area contributed by atoms with Crippen molar-refractivity contribution in [2.24, 2.45) is 0 Å². The number of hydrogen-bond donors (Lipinski definition) is 1. The normalized spacial score (nSPS) is 25.8. The van der Waals surface area contributed by atoms with Crippen LogP contribution in [0.2, 0.25) is 0 Å². The van der Waals surface area contributed by atoms with E-state index in [2.05, 4.69) is 5.32 Å². The van der Waals surface area contributed by atoms with Gasteiger partial charge < -0.3 is 15.0 Å². The van der Waals surface area contributed by atoms with E-state index in [4.69, 9.17) is 4.74 Å². The van der Waals surface area contributed by atoms with Crippen LogP contribution >= 0.6 is 0 Å².